The zero-order chi connectivity index (χ0) is 40.1. The quantitative estimate of drug-likeness (QED) is 0.147. The van der Waals surface area contributed by atoms with Crippen molar-refractivity contribution < 1.29 is 0 Å². The van der Waals surface area contributed by atoms with E-state index in [9.17, 15) is 0 Å². The fourth-order valence-electron chi connectivity index (χ4n) is 7.81. The lowest BCUT2D eigenvalue weighted by Crippen LogP contribution is -2.00. The second kappa shape index (κ2) is 16.5. The van der Waals surface area contributed by atoms with Crippen LogP contribution in [0.15, 0.2) is 237 Å². The summed E-state index contributed by atoms with van der Waals surface area (Å²) < 4.78 is 0. The van der Waals surface area contributed by atoms with E-state index in [0.29, 0.717) is 17.5 Å². The minimum absolute atomic E-state index is 0.607. The summed E-state index contributed by atoms with van der Waals surface area (Å²) >= 11 is 0. The van der Waals surface area contributed by atoms with Crippen LogP contribution in [0.1, 0.15) is 0 Å². The first-order valence-electron chi connectivity index (χ1n) is 20.3. The Kier molecular flexibility index (Phi) is 9.97. The van der Waals surface area contributed by atoms with E-state index in [1.807, 2.05) is 36.4 Å². The maximum Gasteiger partial charge on any atom is 0.164 e. The molecule has 0 atom stereocenters. The van der Waals surface area contributed by atoms with Crippen LogP contribution in [0.5, 0.6) is 0 Å². The Labute approximate surface area is 351 Å². The fourth-order valence-corrected chi connectivity index (χ4v) is 7.81. The minimum Gasteiger partial charge on any atom is -0.208 e. The summed E-state index contributed by atoms with van der Waals surface area (Å²) in [6.07, 6.45) is 0. The van der Waals surface area contributed by atoms with Crippen LogP contribution in [0.3, 0.4) is 0 Å². The molecular formula is C57H39N3. The van der Waals surface area contributed by atoms with Crippen molar-refractivity contribution in [3.05, 3.63) is 237 Å². The molecule has 0 spiro atoms. The Hall–Kier alpha value is -8.01. The van der Waals surface area contributed by atoms with Gasteiger partial charge in [0.25, 0.3) is 0 Å². The van der Waals surface area contributed by atoms with Crippen LogP contribution < -0.4 is 0 Å². The number of hydrogen-bond donors (Lipinski definition) is 0. The standard InChI is InChI=1S/C57H39N3/c1-7-19-40(20-8-1)46-31-47(41-21-9-2-10-22-41)34-50(33-46)52-37-53(51-35-48(42-23-11-3-12-24-42)32-49(36-51)43-25-13-4-14-26-43)39-54(38-52)57-59-55(44-27-15-5-16-28-44)58-56(60-57)45-29-17-6-18-30-45/h1-39H. The van der Waals surface area contributed by atoms with Gasteiger partial charge < -0.3 is 0 Å². The summed E-state index contributed by atoms with van der Waals surface area (Å²) in [6.45, 7) is 0. The molecule has 282 valence electrons. The predicted molar refractivity (Wildman–Crippen MR) is 249 cm³/mol. The van der Waals surface area contributed by atoms with Gasteiger partial charge in [0, 0.05) is 16.7 Å². The second-order valence-corrected chi connectivity index (χ2v) is 14.9. The third-order valence-corrected chi connectivity index (χ3v) is 10.9. The molecule has 60 heavy (non-hydrogen) atoms. The molecule has 0 amide bonds. The zero-order valence-corrected chi connectivity index (χ0v) is 32.9. The Morgan fingerprint density at radius 1 is 0.150 bits per heavy atom. The number of aromatic nitrogens is 3. The van der Waals surface area contributed by atoms with Crippen LogP contribution in [0.4, 0.5) is 0 Å². The average Bonchev–Trinajstić information content (AvgIpc) is 3.35. The molecule has 0 saturated carbocycles. The number of rotatable bonds is 9. The molecule has 0 N–H and O–H groups in total. The molecular weight excluding hydrogens is 727 g/mol. The Morgan fingerprint density at radius 2 is 0.317 bits per heavy atom. The van der Waals surface area contributed by atoms with Gasteiger partial charge in [-0.25, -0.2) is 15.0 Å². The van der Waals surface area contributed by atoms with Gasteiger partial charge in [-0.15, -0.1) is 0 Å². The van der Waals surface area contributed by atoms with Crippen LogP contribution in [-0.4, -0.2) is 15.0 Å². The van der Waals surface area contributed by atoms with Gasteiger partial charge in [-0.1, -0.05) is 182 Å². The van der Waals surface area contributed by atoms with Crippen molar-refractivity contribution >= 4 is 0 Å². The van der Waals surface area contributed by atoms with Crippen LogP contribution in [-0.2, 0) is 0 Å². The van der Waals surface area contributed by atoms with E-state index >= 15 is 0 Å². The first-order chi connectivity index (χ1) is 29.7. The monoisotopic (exact) mass is 765 g/mol. The van der Waals surface area contributed by atoms with Crippen molar-refractivity contribution in [1.82, 2.24) is 15.0 Å². The first kappa shape index (κ1) is 36.3. The van der Waals surface area contributed by atoms with E-state index in [4.69, 9.17) is 15.0 Å². The van der Waals surface area contributed by atoms with Crippen LogP contribution in [0, 0.1) is 0 Å². The molecule has 0 aliphatic rings. The van der Waals surface area contributed by atoms with E-state index in [1.165, 1.54) is 0 Å². The number of hydrogen-bond acceptors (Lipinski definition) is 3. The molecule has 0 aliphatic heterocycles. The lowest BCUT2D eigenvalue weighted by molar-refractivity contribution is 1.07. The molecule has 1 aromatic heterocycles. The number of benzene rings is 9. The topological polar surface area (TPSA) is 38.7 Å². The average molecular weight is 766 g/mol. The van der Waals surface area contributed by atoms with Crippen LogP contribution >= 0.6 is 0 Å². The third-order valence-electron chi connectivity index (χ3n) is 10.9. The first-order valence-corrected chi connectivity index (χ1v) is 20.3. The maximum absolute atomic E-state index is 5.21. The van der Waals surface area contributed by atoms with E-state index in [0.717, 1.165) is 83.5 Å². The minimum atomic E-state index is 0.607. The Morgan fingerprint density at radius 3 is 0.550 bits per heavy atom. The lowest BCUT2D eigenvalue weighted by atomic mass is 9.89. The molecule has 1 heterocycles. The highest BCUT2D eigenvalue weighted by molar-refractivity contribution is 5.88. The zero-order valence-electron chi connectivity index (χ0n) is 32.9. The SMILES string of the molecule is c1ccc(-c2cc(-c3ccccc3)cc(-c3cc(-c4cc(-c5ccccc5)cc(-c5ccccc5)c4)cc(-c4nc(-c5ccccc5)nc(-c5ccccc5)n4)c3)c2)cc1. The summed E-state index contributed by atoms with van der Waals surface area (Å²) in [7, 11) is 0. The summed E-state index contributed by atoms with van der Waals surface area (Å²) in [5.41, 5.74) is 16.3. The second-order valence-electron chi connectivity index (χ2n) is 14.9. The summed E-state index contributed by atoms with van der Waals surface area (Å²) in [6, 6.07) is 83.4. The van der Waals surface area contributed by atoms with Gasteiger partial charge in [-0.2, -0.15) is 0 Å². The summed E-state index contributed by atoms with van der Waals surface area (Å²) in [4.78, 5) is 15.4. The van der Waals surface area contributed by atoms with E-state index < -0.39 is 0 Å². The molecule has 0 fully saturated rings. The van der Waals surface area contributed by atoms with Gasteiger partial charge in [0.05, 0.1) is 0 Å². The van der Waals surface area contributed by atoms with E-state index in [1.54, 1.807) is 0 Å². The van der Waals surface area contributed by atoms with Gasteiger partial charge >= 0.3 is 0 Å². The van der Waals surface area contributed by atoms with Crippen molar-refractivity contribution in [1.29, 1.82) is 0 Å². The Bertz CT molecular complexity index is 2520. The number of nitrogens with zero attached hydrogens (tertiary/aromatic N) is 3. The molecule has 9 aromatic carbocycles. The van der Waals surface area contributed by atoms with Crippen molar-refractivity contribution in [2.45, 2.75) is 0 Å². The fraction of sp³-hybridized carbons (Fsp3) is 0. The van der Waals surface area contributed by atoms with E-state index in [-0.39, 0.29) is 0 Å². The molecule has 0 unspecified atom stereocenters. The third kappa shape index (κ3) is 7.80. The van der Waals surface area contributed by atoms with Crippen molar-refractivity contribution in [3.63, 3.8) is 0 Å². The molecule has 10 rings (SSSR count). The highest BCUT2D eigenvalue weighted by Gasteiger charge is 2.17. The van der Waals surface area contributed by atoms with Gasteiger partial charge in [0.15, 0.2) is 17.5 Å². The molecule has 10 aromatic rings. The lowest BCUT2D eigenvalue weighted by Gasteiger charge is -2.16. The van der Waals surface area contributed by atoms with Crippen molar-refractivity contribution in [3.8, 4) is 101 Å². The highest BCUT2D eigenvalue weighted by atomic mass is 15.0. The largest absolute Gasteiger partial charge is 0.208 e. The Balaban J connectivity index is 1.24. The maximum atomic E-state index is 5.21. The smallest absolute Gasteiger partial charge is 0.164 e. The molecule has 0 aliphatic carbocycles. The highest BCUT2D eigenvalue weighted by Crippen LogP contribution is 2.39. The van der Waals surface area contributed by atoms with Gasteiger partial charge in [-0.05, 0) is 121 Å². The van der Waals surface area contributed by atoms with Crippen molar-refractivity contribution in [2.75, 3.05) is 0 Å². The normalized spacial score (nSPS) is 11.0. The van der Waals surface area contributed by atoms with Gasteiger partial charge in [-0.3, -0.25) is 0 Å². The van der Waals surface area contributed by atoms with E-state index in [2.05, 4.69) is 200 Å². The summed E-state index contributed by atoms with van der Waals surface area (Å²) in [5, 5.41) is 0. The van der Waals surface area contributed by atoms with Crippen molar-refractivity contribution in [2.24, 2.45) is 0 Å². The predicted octanol–water partition coefficient (Wildman–Crippen LogP) is 14.9. The molecule has 3 nitrogen and oxygen atoms in total. The summed E-state index contributed by atoms with van der Waals surface area (Å²) in [5.74, 6) is 1.86. The van der Waals surface area contributed by atoms with Gasteiger partial charge in [0.1, 0.15) is 0 Å². The van der Waals surface area contributed by atoms with Crippen LogP contribution in [0.2, 0.25) is 0 Å². The molecule has 3 heteroatoms. The van der Waals surface area contributed by atoms with Gasteiger partial charge in [0.2, 0.25) is 0 Å². The molecule has 0 bridgehead atoms. The molecule has 0 radical (unpaired) electrons. The molecule has 0 saturated heterocycles. The van der Waals surface area contributed by atoms with Crippen LogP contribution in [0.25, 0.3) is 101 Å².